The number of nitrogens with zero attached hydrogens (tertiary/aromatic N) is 3. The number of amides is 1. The van der Waals surface area contributed by atoms with Crippen LogP contribution in [0.1, 0.15) is 63.0 Å². The lowest BCUT2D eigenvalue weighted by atomic mass is 9.90. The molecule has 1 aliphatic carbocycles. The highest BCUT2D eigenvalue weighted by atomic mass is 16.1. The summed E-state index contributed by atoms with van der Waals surface area (Å²) in [4.78, 5) is 21.0. The lowest BCUT2D eigenvalue weighted by Gasteiger charge is -2.41. The van der Waals surface area contributed by atoms with Crippen LogP contribution in [0.15, 0.2) is 48.8 Å². The van der Waals surface area contributed by atoms with Gasteiger partial charge in [-0.1, -0.05) is 37.5 Å². The van der Waals surface area contributed by atoms with Gasteiger partial charge >= 0.3 is 0 Å². The first-order valence-electron chi connectivity index (χ1n) is 12.4. The minimum Gasteiger partial charge on any atom is -0.326 e. The molecule has 0 spiro atoms. The summed E-state index contributed by atoms with van der Waals surface area (Å²) in [7, 11) is 0. The van der Waals surface area contributed by atoms with Crippen LogP contribution in [0.4, 0.5) is 5.69 Å². The first kappa shape index (κ1) is 22.9. The molecule has 1 N–H and O–H groups in total. The van der Waals surface area contributed by atoms with Crippen molar-refractivity contribution in [2.45, 2.75) is 71.0 Å². The predicted octanol–water partition coefficient (Wildman–Crippen LogP) is 5.09. The van der Waals surface area contributed by atoms with Crippen molar-refractivity contribution in [3.63, 3.8) is 0 Å². The molecule has 172 valence electrons. The summed E-state index contributed by atoms with van der Waals surface area (Å²) < 4.78 is 0. The normalized spacial score (nSPS) is 20.4. The quantitative estimate of drug-likeness (QED) is 0.629. The molecule has 1 saturated heterocycles. The highest BCUT2D eigenvalue weighted by molar-refractivity contribution is 5.88. The summed E-state index contributed by atoms with van der Waals surface area (Å²) >= 11 is 0. The Balaban J connectivity index is 1.41. The van der Waals surface area contributed by atoms with Gasteiger partial charge in [-0.05, 0) is 67.5 Å². The van der Waals surface area contributed by atoms with Crippen molar-refractivity contribution >= 4 is 11.6 Å². The van der Waals surface area contributed by atoms with Crippen molar-refractivity contribution in [3.05, 3.63) is 59.9 Å². The molecule has 2 aromatic rings. The third kappa shape index (κ3) is 6.88. The summed E-state index contributed by atoms with van der Waals surface area (Å²) in [5, 5.41) is 2.86. The lowest BCUT2D eigenvalue weighted by molar-refractivity contribution is -0.114. The van der Waals surface area contributed by atoms with E-state index in [9.17, 15) is 4.79 Å². The van der Waals surface area contributed by atoms with Gasteiger partial charge in [-0.25, -0.2) is 0 Å². The predicted molar refractivity (Wildman–Crippen MR) is 130 cm³/mol. The number of carbonyl (C=O) groups is 1. The van der Waals surface area contributed by atoms with E-state index in [1.54, 1.807) is 6.92 Å². The Morgan fingerprint density at radius 1 is 1.03 bits per heavy atom. The van der Waals surface area contributed by atoms with Crippen LogP contribution >= 0.6 is 0 Å². The molecule has 1 saturated carbocycles. The van der Waals surface area contributed by atoms with Crippen LogP contribution in [-0.4, -0.2) is 46.4 Å². The van der Waals surface area contributed by atoms with Crippen molar-refractivity contribution in [2.75, 3.05) is 25.0 Å². The lowest BCUT2D eigenvalue weighted by Crippen LogP contribution is -2.46. The molecule has 2 heterocycles. The van der Waals surface area contributed by atoms with Gasteiger partial charge in [-0.2, -0.15) is 0 Å². The molecule has 1 atom stereocenters. The van der Waals surface area contributed by atoms with Crippen molar-refractivity contribution in [2.24, 2.45) is 5.92 Å². The van der Waals surface area contributed by atoms with Gasteiger partial charge in [-0.15, -0.1) is 0 Å². The molecular formula is C27H38N4O. The minimum absolute atomic E-state index is 0.0317. The monoisotopic (exact) mass is 434 g/mol. The Hall–Kier alpha value is -2.24. The number of hydrogen-bond acceptors (Lipinski definition) is 4. The molecule has 0 radical (unpaired) electrons. The van der Waals surface area contributed by atoms with Gasteiger partial charge < -0.3 is 10.2 Å². The van der Waals surface area contributed by atoms with Crippen molar-refractivity contribution in [3.8, 4) is 0 Å². The molecule has 2 fully saturated rings. The maximum absolute atomic E-state index is 11.3. The van der Waals surface area contributed by atoms with Crippen LogP contribution in [0.25, 0.3) is 0 Å². The fraction of sp³-hybridized carbons (Fsp3) is 0.556. The van der Waals surface area contributed by atoms with Crippen LogP contribution in [0, 0.1) is 5.92 Å². The molecule has 1 aromatic carbocycles. The fourth-order valence-corrected chi connectivity index (χ4v) is 5.48. The van der Waals surface area contributed by atoms with Crippen LogP contribution in [0.3, 0.4) is 0 Å². The number of pyridine rings is 1. The smallest absolute Gasteiger partial charge is 0.221 e. The summed E-state index contributed by atoms with van der Waals surface area (Å²) in [6, 6.07) is 13.3. The number of likely N-dealkylation sites (tertiary alicyclic amines) is 1. The molecule has 2 aliphatic rings. The number of nitrogens with one attached hydrogen (secondary N) is 1. The second-order valence-corrected chi connectivity index (χ2v) is 9.70. The molecule has 5 heteroatoms. The molecule has 4 rings (SSSR count). The van der Waals surface area contributed by atoms with Crippen molar-refractivity contribution < 1.29 is 4.79 Å². The Morgan fingerprint density at radius 3 is 2.53 bits per heavy atom. The van der Waals surface area contributed by atoms with E-state index < -0.39 is 0 Å². The standard InChI is InChI=1S/C27H38N4O/c1-22(32)29-26-13-11-23(12-14-26)18-30(19-24-7-5-15-28-17-24)20-25-8-6-16-31(21-25)27-9-3-2-4-10-27/h5,7,11-15,17,25,27H,2-4,6,8-10,16,18-21H2,1H3,(H,29,32). The maximum atomic E-state index is 11.3. The van der Waals surface area contributed by atoms with Gasteiger partial charge in [0.15, 0.2) is 0 Å². The number of benzene rings is 1. The molecule has 32 heavy (non-hydrogen) atoms. The van der Waals surface area contributed by atoms with Crippen LogP contribution < -0.4 is 5.32 Å². The van der Waals surface area contributed by atoms with Crippen molar-refractivity contribution in [1.82, 2.24) is 14.8 Å². The minimum atomic E-state index is -0.0317. The van der Waals surface area contributed by atoms with Crippen LogP contribution in [0.5, 0.6) is 0 Å². The van der Waals surface area contributed by atoms with E-state index >= 15 is 0 Å². The van der Waals surface area contributed by atoms with Gasteiger partial charge in [-0.3, -0.25) is 14.7 Å². The third-order valence-electron chi connectivity index (χ3n) is 6.97. The van der Waals surface area contributed by atoms with Crippen LogP contribution in [-0.2, 0) is 17.9 Å². The van der Waals surface area contributed by atoms with Gasteiger partial charge in [0.25, 0.3) is 0 Å². The summed E-state index contributed by atoms with van der Waals surface area (Å²) in [5.74, 6) is 0.691. The second kappa shape index (κ2) is 11.6. The zero-order chi connectivity index (χ0) is 22.2. The zero-order valence-corrected chi connectivity index (χ0v) is 19.5. The van der Waals surface area contributed by atoms with E-state index in [0.29, 0.717) is 0 Å². The van der Waals surface area contributed by atoms with Crippen molar-refractivity contribution in [1.29, 1.82) is 0 Å². The van der Waals surface area contributed by atoms with E-state index in [1.807, 2.05) is 30.6 Å². The van der Waals surface area contributed by atoms with E-state index in [0.717, 1.165) is 37.3 Å². The number of carbonyl (C=O) groups excluding carboxylic acids is 1. The number of aromatic nitrogens is 1. The first-order chi connectivity index (χ1) is 15.7. The Morgan fingerprint density at radius 2 is 1.81 bits per heavy atom. The SMILES string of the molecule is CC(=O)Nc1ccc(CN(Cc2cccnc2)CC2CCCN(C3CCCCC3)C2)cc1. The summed E-state index contributed by atoms with van der Waals surface area (Å²) in [6.07, 6.45) is 13.5. The van der Waals surface area contributed by atoms with E-state index in [-0.39, 0.29) is 5.91 Å². The van der Waals surface area contributed by atoms with Gasteiger partial charge in [0, 0.05) is 57.2 Å². The molecular weight excluding hydrogens is 396 g/mol. The maximum Gasteiger partial charge on any atom is 0.221 e. The fourth-order valence-electron chi connectivity index (χ4n) is 5.48. The van der Waals surface area contributed by atoms with Gasteiger partial charge in [0.1, 0.15) is 0 Å². The van der Waals surface area contributed by atoms with Crippen LogP contribution in [0.2, 0.25) is 0 Å². The molecule has 5 nitrogen and oxygen atoms in total. The van der Waals surface area contributed by atoms with E-state index in [2.05, 4.69) is 38.3 Å². The van der Waals surface area contributed by atoms with E-state index in [1.165, 1.54) is 69.2 Å². The molecule has 1 aromatic heterocycles. The highest BCUT2D eigenvalue weighted by Crippen LogP contribution is 2.28. The molecule has 1 aliphatic heterocycles. The molecule has 0 bridgehead atoms. The largest absolute Gasteiger partial charge is 0.326 e. The summed E-state index contributed by atoms with van der Waals surface area (Å²) in [6.45, 7) is 7.02. The topological polar surface area (TPSA) is 48.5 Å². The Labute approximate surface area is 193 Å². The number of hydrogen-bond donors (Lipinski definition) is 1. The van der Waals surface area contributed by atoms with E-state index in [4.69, 9.17) is 0 Å². The summed E-state index contributed by atoms with van der Waals surface area (Å²) in [5.41, 5.74) is 3.40. The highest BCUT2D eigenvalue weighted by Gasteiger charge is 2.28. The second-order valence-electron chi connectivity index (χ2n) is 9.70. The Bertz CT molecular complexity index is 832. The average molecular weight is 435 g/mol. The van der Waals surface area contributed by atoms with Gasteiger partial charge in [0.2, 0.25) is 5.91 Å². The molecule has 1 unspecified atom stereocenters. The van der Waals surface area contributed by atoms with Gasteiger partial charge in [0.05, 0.1) is 0 Å². The number of anilines is 1. The average Bonchev–Trinajstić information content (AvgIpc) is 2.81. The third-order valence-corrected chi connectivity index (χ3v) is 6.97. The zero-order valence-electron chi connectivity index (χ0n) is 19.5. The first-order valence-corrected chi connectivity index (χ1v) is 12.4. The number of rotatable bonds is 8. The Kier molecular flexibility index (Phi) is 8.30. The molecule has 1 amide bonds. The number of piperidine rings is 1.